The molecule has 0 saturated carbocycles. The fourth-order valence-corrected chi connectivity index (χ4v) is 1.61. The lowest BCUT2D eigenvalue weighted by atomic mass is 10.1. The average molecular weight is 210 g/mol. The number of likely N-dealkylation sites (N-methyl/N-ethyl adjacent to an activating group) is 1. The third kappa shape index (κ3) is 1.79. The molecule has 0 aliphatic carbocycles. The normalized spacial score (nSPS) is 16.2. The average Bonchev–Trinajstić information content (AvgIpc) is 2.15. The summed E-state index contributed by atoms with van der Waals surface area (Å²) in [6, 6.07) is 0.346. The van der Waals surface area contributed by atoms with E-state index < -0.39 is 0 Å². The fourth-order valence-electron chi connectivity index (χ4n) is 1.61. The maximum Gasteiger partial charge on any atom is 0.187 e. The van der Waals surface area contributed by atoms with Crippen LogP contribution in [-0.2, 0) is 6.42 Å². The zero-order chi connectivity index (χ0) is 10.8. The fraction of sp³-hybridized carbons (Fsp3) is 0.600. The van der Waals surface area contributed by atoms with Crippen molar-refractivity contribution in [1.29, 1.82) is 0 Å². The van der Waals surface area contributed by atoms with Crippen molar-refractivity contribution in [2.45, 2.75) is 19.4 Å². The summed E-state index contributed by atoms with van der Waals surface area (Å²) in [6.07, 6.45) is 2.03. The van der Waals surface area contributed by atoms with E-state index in [2.05, 4.69) is 15.3 Å². The molecule has 0 amide bonds. The summed E-state index contributed by atoms with van der Waals surface area (Å²) in [5, 5.41) is 3.15. The number of aryl methyl sites for hydroxylation is 1. The summed E-state index contributed by atoms with van der Waals surface area (Å²) in [6.45, 7) is 3.67. The zero-order valence-electron chi connectivity index (χ0n) is 9.00. The molecule has 1 N–H and O–H groups in total. The van der Waals surface area contributed by atoms with E-state index >= 15 is 0 Å². The third-order valence-corrected chi connectivity index (χ3v) is 2.82. The lowest BCUT2D eigenvalue weighted by molar-refractivity contribution is 0.421. The Morgan fingerprint density at radius 2 is 2.27 bits per heavy atom. The molecule has 1 saturated heterocycles. The van der Waals surface area contributed by atoms with Crippen molar-refractivity contribution in [2.24, 2.45) is 0 Å². The van der Waals surface area contributed by atoms with Gasteiger partial charge in [-0.1, -0.05) is 6.92 Å². The molecule has 0 bridgehead atoms. The summed E-state index contributed by atoms with van der Waals surface area (Å²) in [5.41, 5.74) is 0.485. The maximum atomic E-state index is 13.9. The number of hydrogen-bond acceptors (Lipinski definition) is 4. The number of hydrogen-bond donors (Lipinski definition) is 1. The molecule has 2 rings (SSSR count). The molecule has 0 radical (unpaired) electrons. The molecule has 15 heavy (non-hydrogen) atoms. The van der Waals surface area contributed by atoms with Gasteiger partial charge in [0.2, 0.25) is 0 Å². The van der Waals surface area contributed by atoms with Crippen molar-refractivity contribution in [3.8, 4) is 0 Å². The van der Waals surface area contributed by atoms with Crippen molar-refractivity contribution in [3.05, 3.63) is 17.8 Å². The van der Waals surface area contributed by atoms with Gasteiger partial charge in [-0.25, -0.2) is 14.4 Å². The van der Waals surface area contributed by atoms with Gasteiger partial charge in [-0.2, -0.15) is 0 Å². The molecule has 1 aliphatic heterocycles. The molecule has 2 heterocycles. The van der Waals surface area contributed by atoms with Crippen LogP contribution in [0.5, 0.6) is 0 Å². The third-order valence-electron chi connectivity index (χ3n) is 2.82. The number of nitrogens with zero attached hydrogens (tertiary/aromatic N) is 3. The van der Waals surface area contributed by atoms with E-state index in [0.717, 1.165) is 13.1 Å². The molecule has 0 spiro atoms. The van der Waals surface area contributed by atoms with Crippen LogP contribution < -0.4 is 10.2 Å². The van der Waals surface area contributed by atoms with Crippen LogP contribution in [0.15, 0.2) is 6.33 Å². The zero-order valence-corrected chi connectivity index (χ0v) is 9.00. The Balaban J connectivity index is 2.26. The van der Waals surface area contributed by atoms with E-state index in [1.54, 1.807) is 0 Å². The van der Waals surface area contributed by atoms with Gasteiger partial charge in [0.15, 0.2) is 11.6 Å². The van der Waals surface area contributed by atoms with E-state index in [0.29, 0.717) is 24.0 Å². The van der Waals surface area contributed by atoms with Crippen LogP contribution in [-0.4, -0.2) is 36.1 Å². The quantitative estimate of drug-likeness (QED) is 0.792. The first-order valence-corrected chi connectivity index (χ1v) is 5.17. The van der Waals surface area contributed by atoms with E-state index in [-0.39, 0.29) is 5.82 Å². The first kappa shape index (κ1) is 10.3. The Bertz CT molecular complexity index is 351. The standard InChI is InChI=1S/C10H15FN4/c1-3-8-9(11)10(14-6-13-8)15(2)7-4-12-5-7/h6-7,12H,3-5H2,1-2H3. The van der Waals surface area contributed by atoms with Gasteiger partial charge in [0.25, 0.3) is 0 Å². The molecule has 82 valence electrons. The van der Waals surface area contributed by atoms with Gasteiger partial charge in [-0.3, -0.25) is 0 Å². The van der Waals surface area contributed by atoms with Crippen molar-refractivity contribution >= 4 is 5.82 Å². The summed E-state index contributed by atoms with van der Waals surface area (Å²) >= 11 is 0. The van der Waals surface area contributed by atoms with Gasteiger partial charge in [0, 0.05) is 20.1 Å². The number of rotatable bonds is 3. The van der Waals surface area contributed by atoms with Crippen LogP contribution in [0.25, 0.3) is 0 Å². The smallest absolute Gasteiger partial charge is 0.187 e. The Morgan fingerprint density at radius 3 is 2.80 bits per heavy atom. The van der Waals surface area contributed by atoms with Crippen LogP contribution in [0.3, 0.4) is 0 Å². The molecule has 1 aliphatic rings. The molecule has 0 atom stereocenters. The molecule has 1 aromatic rings. The van der Waals surface area contributed by atoms with E-state index in [4.69, 9.17) is 0 Å². The summed E-state index contributed by atoms with van der Waals surface area (Å²) in [7, 11) is 1.87. The van der Waals surface area contributed by atoms with Gasteiger partial charge in [0.05, 0.1) is 11.7 Å². The van der Waals surface area contributed by atoms with Gasteiger partial charge >= 0.3 is 0 Å². The topological polar surface area (TPSA) is 41.1 Å². The highest BCUT2D eigenvalue weighted by atomic mass is 19.1. The van der Waals surface area contributed by atoms with Crippen LogP contribution >= 0.6 is 0 Å². The Hall–Kier alpha value is -1.23. The van der Waals surface area contributed by atoms with Crippen molar-refractivity contribution in [2.75, 3.05) is 25.0 Å². The van der Waals surface area contributed by atoms with Gasteiger partial charge < -0.3 is 10.2 Å². The first-order valence-electron chi connectivity index (χ1n) is 5.17. The second-order valence-corrected chi connectivity index (χ2v) is 3.73. The molecule has 1 fully saturated rings. The Morgan fingerprint density at radius 1 is 1.53 bits per heavy atom. The second-order valence-electron chi connectivity index (χ2n) is 3.73. The summed E-state index contributed by atoms with van der Waals surface area (Å²) < 4.78 is 13.9. The van der Waals surface area contributed by atoms with Crippen LogP contribution in [0.2, 0.25) is 0 Å². The highest BCUT2D eigenvalue weighted by Crippen LogP contribution is 2.19. The summed E-state index contributed by atoms with van der Waals surface area (Å²) in [5.74, 6) is 0.128. The van der Waals surface area contributed by atoms with Crippen molar-refractivity contribution in [3.63, 3.8) is 0 Å². The van der Waals surface area contributed by atoms with Gasteiger partial charge in [-0.15, -0.1) is 0 Å². The van der Waals surface area contributed by atoms with Crippen LogP contribution in [0, 0.1) is 5.82 Å². The highest BCUT2D eigenvalue weighted by molar-refractivity contribution is 5.42. The molecule has 0 unspecified atom stereocenters. The molecular formula is C10H15FN4. The largest absolute Gasteiger partial charge is 0.352 e. The first-order chi connectivity index (χ1) is 7.24. The van der Waals surface area contributed by atoms with E-state index in [1.807, 2.05) is 18.9 Å². The van der Waals surface area contributed by atoms with Crippen molar-refractivity contribution in [1.82, 2.24) is 15.3 Å². The maximum absolute atomic E-state index is 13.9. The molecule has 1 aromatic heterocycles. The molecule has 5 heteroatoms. The summed E-state index contributed by atoms with van der Waals surface area (Å²) in [4.78, 5) is 9.80. The van der Waals surface area contributed by atoms with Gasteiger partial charge in [0.1, 0.15) is 6.33 Å². The minimum Gasteiger partial charge on any atom is -0.352 e. The van der Waals surface area contributed by atoms with Crippen LogP contribution in [0.1, 0.15) is 12.6 Å². The Kier molecular flexibility index (Phi) is 2.81. The number of anilines is 1. The number of aromatic nitrogens is 2. The highest BCUT2D eigenvalue weighted by Gasteiger charge is 2.25. The van der Waals surface area contributed by atoms with Gasteiger partial charge in [-0.05, 0) is 6.42 Å². The number of nitrogens with one attached hydrogen (secondary N) is 1. The predicted molar refractivity (Wildman–Crippen MR) is 56.4 cm³/mol. The molecular weight excluding hydrogens is 195 g/mol. The van der Waals surface area contributed by atoms with Crippen LogP contribution in [0.4, 0.5) is 10.2 Å². The minimum atomic E-state index is -0.283. The Labute approximate surface area is 88.5 Å². The second kappa shape index (κ2) is 4.10. The predicted octanol–water partition coefficient (Wildman–Crippen LogP) is 0.586. The monoisotopic (exact) mass is 210 g/mol. The molecule has 4 nitrogen and oxygen atoms in total. The van der Waals surface area contributed by atoms with E-state index in [1.165, 1.54) is 6.33 Å². The minimum absolute atomic E-state index is 0.283. The lowest BCUT2D eigenvalue weighted by Crippen LogP contribution is -2.56. The van der Waals surface area contributed by atoms with E-state index in [9.17, 15) is 4.39 Å². The SMILES string of the molecule is CCc1ncnc(N(C)C2CNC2)c1F. The molecule has 0 aromatic carbocycles. The number of halogens is 1. The van der Waals surface area contributed by atoms with Crippen molar-refractivity contribution < 1.29 is 4.39 Å². The lowest BCUT2D eigenvalue weighted by Gasteiger charge is -2.36.